The van der Waals surface area contributed by atoms with Gasteiger partial charge in [0, 0.05) is 17.8 Å². The van der Waals surface area contributed by atoms with Crippen LogP contribution >= 0.6 is 0 Å². The van der Waals surface area contributed by atoms with Gasteiger partial charge in [0.05, 0.1) is 0 Å². The number of aromatic nitrogens is 2. The maximum absolute atomic E-state index is 4.27. The van der Waals surface area contributed by atoms with Gasteiger partial charge in [-0.1, -0.05) is 33.6 Å². The number of nitrogens with one attached hydrogen (secondary N) is 1. The maximum Gasteiger partial charge on any atom is 0.129 e. The molecule has 0 aromatic carbocycles. The minimum atomic E-state index is 0.536. The van der Waals surface area contributed by atoms with E-state index in [9.17, 15) is 0 Å². The van der Waals surface area contributed by atoms with E-state index in [2.05, 4.69) is 42.1 Å². The first-order valence-electron chi connectivity index (χ1n) is 6.37. The molecule has 1 atom stereocenters. The van der Waals surface area contributed by atoms with Crippen LogP contribution in [0.3, 0.4) is 0 Å². The van der Waals surface area contributed by atoms with Crippen molar-refractivity contribution < 1.29 is 0 Å². The van der Waals surface area contributed by atoms with E-state index >= 15 is 0 Å². The smallest absolute Gasteiger partial charge is 0.129 e. The minimum absolute atomic E-state index is 0.536. The molecule has 0 aliphatic heterocycles. The van der Waals surface area contributed by atoms with Crippen molar-refractivity contribution in [2.24, 2.45) is 0 Å². The Kier molecular flexibility index (Phi) is 5.83. The highest BCUT2D eigenvalue weighted by Crippen LogP contribution is 2.11. The molecule has 3 heteroatoms. The second-order valence-electron chi connectivity index (χ2n) is 4.18. The first-order chi connectivity index (χ1) is 7.80. The SMILES string of the molecule is CCCc1cc(NC(CC)CCC)ncn1. The lowest BCUT2D eigenvalue weighted by Gasteiger charge is -2.16. The first-order valence-corrected chi connectivity index (χ1v) is 6.37. The highest BCUT2D eigenvalue weighted by molar-refractivity contribution is 5.35. The second kappa shape index (κ2) is 7.20. The van der Waals surface area contributed by atoms with Crippen LogP contribution in [0.1, 0.15) is 52.1 Å². The number of anilines is 1. The fraction of sp³-hybridized carbons (Fsp3) is 0.692. The fourth-order valence-corrected chi connectivity index (χ4v) is 1.81. The molecule has 1 N–H and O–H groups in total. The molecule has 1 unspecified atom stereocenters. The van der Waals surface area contributed by atoms with Crippen molar-refractivity contribution in [3.63, 3.8) is 0 Å². The van der Waals surface area contributed by atoms with E-state index in [1.165, 1.54) is 12.8 Å². The van der Waals surface area contributed by atoms with Gasteiger partial charge < -0.3 is 5.32 Å². The zero-order valence-corrected chi connectivity index (χ0v) is 10.7. The van der Waals surface area contributed by atoms with E-state index in [-0.39, 0.29) is 0 Å². The number of hydrogen-bond donors (Lipinski definition) is 1. The summed E-state index contributed by atoms with van der Waals surface area (Å²) in [6, 6.07) is 2.61. The van der Waals surface area contributed by atoms with E-state index in [0.717, 1.165) is 30.8 Å². The third-order valence-corrected chi connectivity index (χ3v) is 2.71. The Balaban J connectivity index is 2.60. The Morgan fingerprint density at radius 2 is 2.00 bits per heavy atom. The van der Waals surface area contributed by atoms with Crippen molar-refractivity contribution in [3.05, 3.63) is 18.1 Å². The highest BCUT2D eigenvalue weighted by Gasteiger charge is 2.06. The zero-order chi connectivity index (χ0) is 11.8. The van der Waals surface area contributed by atoms with Crippen LogP contribution in [0.5, 0.6) is 0 Å². The van der Waals surface area contributed by atoms with Gasteiger partial charge in [0.2, 0.25) is 0 Å². The Morgan fingerprint density at radius 3 is 2.62 bits per heavy atom. The van der Waals surface area contributed by atoms with Gasteiger partial charge in [0.1, 0.15) is 12.1 Å². The molecule has 0 amide bonds. The maximum atomic E-state index is 4.27. The average Bonchev–Trinajstić information content (AvgIpc) is 2.29. The largest absolute Gasteiger partial charge is 0.367 e. The molecule has 1 aromatic heterocycles. The number of aryl methyl sites for hydroxylation is 1. The third-order valence-electron chi connectivity index (χ3n) is 2.71. The first kappa shape index (κ1) is 12.9. The van der Waals surface area contributed by atoms with Crippen LogP contribution in [0.15, 0.2) is 12.4 Å². The zero-order valence-electron chi connectivity index (χ0n) is 10.7. The van der Waals surface area contributed by atoms with E-state index < -0.39 is 0 Å². The third kappa shape index (κ3) is 4.17. The molecule has 90 valence electrons. The summed E-state index contributed by atoms with van der Waals surface area (Å²) in [6.07, 6.45) is 7.36. The van der Waals surface area contributed by atoms with E-state index in [0.29, 0.717) is 6.04 Å². The Morgan fingerprint density at radius 1 is 1.19 bits per heavy atom. The Labute approximate surface area is 98.7 Å². The van der Waals surface area contributed by atoms with Crippen molar-refractivity contribution in [2.75, 3.05) is 5.32 Å². The lowest BCUT2D eigenvalue weighted by atomic mass is 10.1. The second-order valence-corrected chi connectivity index (χ2v) is 4.18. The fourth-order valence-electron chi connectivity index (χ4n) is 1.81. The summed E-state index contributed by atoms with van der Waals surface area (Å²) in [7, 11) is 0. The predicted octanol–water partition coefficient (Wildman–Crippen LogP) is 3.42. The van der Waals surface area contributed by atoms with Crippen LogP contribution in [0.25, 0.3) is 0 Å². The molecule has 0 fully saturated rings. The molecular weight excluding hydrogens is 198 g/mol. The molecule has 3 nitrogen and oxygen atoms in total. The Hall–Kier alpha value is -1.12. The summed E-state index contributed by atoms with van der Waals surface area (Å²) in [5.41, 5.74) is 1.13. The van der Waals surface area contributed by atoms with E-state index in [4.69, 9.17) is 0 Å². The molecule has 0 spiro atoms. The van der Waals surface area contributed by atoms with Crippen LogP contribution in [-0.2, 0) is 6.42 Å². The molecule has 16 heavy (non-hydrogen) atoms. The van der Waals surface area contributed by atoms with Gasteiger partial charge in [-0.2, -0.15) is 0 Å². The quantitative estimate of drug-likeness (QED) is 0.766. The molecule has 0 radical (unpaired) electrons. The van der Waals surface area contributed by atoms with Gasteiger partial charge >= 0.3 is 0 Å². The molecule has 1 aromatic rings. The van der Waals surface area contributed by atoms with Gasteiger partial charge in [-0.3, -0.25) is 0 Å². The predicted molar refractivity (Wildman–Crippen MR) is 68.6 cm³/mol. The molecule has 1 heterocycles. The average molecular weight is 221 g/mol. The van der Waals surface area contributed by atoms with Crippen LogP contribution in [0.2, 0.25) is 0 Å². The van der Waals surface area contributed by atoms with Gasteiger partial charge in [0.15, 0.2) is 0 Å². The van der Waals surface area contributed by atoms with E-state index in [1.54, 1.807) is 6.33 Å². The standard InChI is InChI=1S/C13H23N3/c1-4-7-11(6-3)16-13-9-12(8-5-2)14-10-15-13/h9-11H,4-8H2,1-3H3,(H,14,15,16). The summed E-state index contributed by atoms with van der Waals surface area (Å²) >= 11 is 0. The summed E-state index contributed by atoms with van der Waals surface area (Å²) in [5, 5.41) is 3.48. The van der Waals surface area contributed by atoms with Gasteiger partial charge in [-0.15, -0.1) is 0 Å². The molecule has 1 rings (SSSR count). The lowest BCUT2D eigenvalue weighted by molar-refractivity contribution is 0.620. The van der Waals surface area contributed by atoms with Crippen LogP contribution in [0, 0.1) is 0 Å². The van der Waals surface area contributed by atoms with Crippen LogP contribution < -0.4 is 5.32 Å². The minimum Gasteiger partial charge on any atom is -0.367 e. The summed E-state index contributed by atoms with van der Waals surface area (Å²) < 4.78 is 0. The number of nitrogens with zero attached hydrogens (tertiary/aromatic N) is 2. The molecular formula is C13H23N3. The van der Waals surface area contributed by atoms with Gasteiger partial charge in [0.25, 0.3) is 0 Å². The van der Waals surface area contributed by atoms with Crippen molar-refractivity contribution in [1.29, 1.82) is 0 Å². The van der Waals surface area contributed by atoms with Crippen molar-refractivity contribution >= 4 is 5.82 Å². The van der Waals surface area contributed by atoms with Crippen LogP contribution in [0.4, 0.5) is 5.82 Å². The summed E-state index contributed by atoms with van der Waals surface area (Å²) in [4.78, 5) is 8.53. The van der Waals surface area contributed by atoms with Crippen LogP contribution in [-0.4, -0.2) is 16.0 Å². The topological polar surface area (TPSA) is 37.8 Å². The van der Waals surface area contributed by atoms with E-state index in [1.807, 2.05) is 0 Å². The number of hydrogen-bond acceptors (Lipinski definition) is 3. The molecule has 0 aliphatic rings. The molecule has 0 bridgehead atoms. The van der Waals surface area contributed by atoms with Crippen molar-refractivity contribution in [1.82, 2.24) is 9.97 Å². The van der Waals surface area contributed by atoms with Crippen molar-refractivity contribution in [2.45, 2.75) is 58.9 Å². The summed E-state index contributed by atoms with van der Waals surface area (Å²) in [6.45, 7) is 6.59. The molecule has 0 saturated heterocycles. The highest BCUT2D eigenvalue weighted by atomic mass is 15.0. The monoisotopic (exact) mass is 221 g/mol. The van der Waals surface area contributed by atoms with Crippen molar-refractivity contribution in [3.8, 4) is 0 Å². The van der Waals surface area contributed by atoms with Gasteiger partial charge in [-0.05, 0) is 19.3 Å². The normalized spacial score (nSPS) is 12.4. The van der Waals surface area contributed by atoms with Gasteiger partial charge in [-0.25, -0.2) is 9.97 Å². The molecule has 0 saturated carbocycles. The summed E-state index contributed by atoms with van der Waals surface area (Å²) in [5.74, 6) is 0.971. The molecule has 0 aliphatic carbocycles. The number of rotatable bonds is 7. The Bertz CT molecular complexity index is 299. The lowest BCUT2D eigenvalue weighted by Crippen LogP contribution is -2.19.